The van der Waals surface area contributed by atoms with Crippen molar-refractivity contribution in [2.24, 2.45) is 0 Å². The first-order valence-electron chi connectivity index (χ1n) is 10.8. The van der Waals surface area contributed by atoms with Crippen LogP contribution in [-0.2, 0) is 30.0 Å². The van der Waals surface area contributed by atoms with Crippen molar-refractivity contribution in [3.05, 3.63) is 121 Å². The van der Waals surface area contributed by atoms with Crippen molar-refractivity contribution in [1.29, 1.82) is 0 Å². The molecule has 0 aliphatic carbocycles. The zero-order chi connectivity index (χ0) is 24.7. The molecule has 0 saturated heterocycles. The van der Waals surface area contributed by atoms with Crippen LogP contribution in [0.3, 0.4) is 0 Å². The third-order valence-corrected chi connectivity index (χ3v) is 10.7. The second kappa shape index (κ2) is 12.1. The Labute approximate surface area is 222 Å². The fourth-order valence-corrected chi connectivity index (χ4v) is 9.59. The van der Waals surface area contributed by atoms with E-state index >= 15 is 0 Å². The van der Waals surface area contributed by atoms with E-state index in [1.54, 1.807) is 38.2 Å². The van der Waals surface area contributed by atoms with Crippen LogP contribution in [0.2, 0.25) is 0 Å². The van der Waals surface area contributed by atoms with Gasteiger partial charge < -0.3 is 0 Å². The summed E-state index contributed by atoms with van der Waals surface area (Å²) in [5.41, 5.74) is 1.84. The molecule has 0 amide bonds. The van der Waals surface area contributed by atoms with Crippen molar-refractivity contribution < 1.29 is 28.4 Å². The van der Waals surface area contributed by atoms with Crippen LogP contribution in [-0.4, -0.2) is 28.6 Å². The molecule has 0 radical (unpaired) electrons. The van der Waals surface area contributed by atoms with E-state index in [0.29, 0.717) is 11.0 Å². The predicted molar refractivity (Wildman–Crippen MR) is 142 cm³/mol. The summed E-state index contributed by atoms with van der Waals surface area (Å²) in [7, 11) is -0.707. The predicted octanol–water partition coefficient (Wildman–Crippen LogP) is 4.90. The van der Waals surface area contributed by atoms with E-state index in [1.807, 2.05) is 72.8 Å². The van der Waals surface area contributed by atoms with Crippen LogP contribution in [0.15, 0.2) is 115 Å². The molecule has 1 atom stereocenters. The van der Waals surface area contributed by atoms with Gasteiger partial charge in [-0.05, 0) is 42.0 Å². The molecule has 1 heterocycles. The molecule has 5 rings (SSSR count). The monoisotopic (exact) mass is 704 g/mol. The van der Waals surface area contributed by atoms with E-state index in [-0.39, 0.29) is 11.4 Å². The van der Waals surface area contributed by atoms with Crippen LogP contribution in [0.5, 0.6) is 0 Å². The van der Waals surface area contributed by atoms with Crippen LogP contribution in [0.1, 0.15) is 11.2 Å². The second-order valence-electron chi connectivity index (χ2n) is 7.81. The zero-order valence-corrected chi connectivity index (χ0v) is 23.2. The van der Waals surface area contributed by atoms with E-state index in [2.05, 4.69) is 43.8 Å². The molecule has 1 aromatic heterocycles. The number of hydrogen-bond donors (Lipinski definition) is 0. The summed E-state index contributed by atoms with van der Waals surface area (Å²) in [6.07, 6.45) is 0. The van der Waals surface area contributed by atoms with Crippen molar-refractivity contribution in [1.82, 2.24) is 14.4 Å². The van der Waals surface area contributed by atoms with Gasteiger partial charge in [-0.2, -0.15) is 0 Å². The van der Waals surface area contributed by atoms with E-state index in [9.17, 15) is 8.42 Å². The van der Waals surface area contributed by atoms with Gasteiger partial charge >= 0.3 is 29.2 Å². The Balaban J connectivity index is 0.00000141. The Hall–Kier alpha value is -2.31. The Morgan fingerprint density at radius 3 is 1.80 bits per heavy atom. The molecule has 4 aromatic carbocycles. The van der Waals surface area contributed by atoms with Crippen molar-refractivity contribution in [2.75, 3.05) is 5.75 Å². The van der Waals surface area contributed by atoms with E-state index < -0.39 is 17.9 Å². The molecule has 0 unspecified atom stereocenters. The van der Waals surface area contributed by atoms with Gasteiger partial charge in [-0.3, -0.25) is 0 Å². The van der Waals surface area contributed by atoms with Crippen molar-refractivity contribution in [3.63, 3.8) is 0 Å². The molecule has 0 aliphatic heterocycles. The Bertz CT molecular complexity index is 1430. The van der Waals surface area contributed by atoms with Crippen LogP contribution < -0.4 is 10.6 Å². The molecule has 0 fully saturated rings. The summed E-state index contributed by atoms with van der Waals surface area (Å²) in [6, 6.07) is 37.6. The summed E-state index contributed by atoms with van der Waals surface area (Å²) in [4.78, 5) is 0. The van der Waals surface area contributed by atoms with Crippen LogP contribution in [0.25, 0.3) is 11.0 Å². The van der Waals surface area contributed by atoms with Gasteiger partial charge in [0.15, 0.2) is 0 Å². The van der Waals surface area contributed by atoms with E-state index in [4.69, 9.17) is 0 Å². The normalized spacial score (nSPS) is 12.2. The number of hydrogen-bond acceptors (Lipinski definition) is 4. The number of benzene rings is 4. The SMILES string of the molecule is O=S(=O)(C[C@@H](c1ccccc1)[PH+](c1ccccc1)c1ccccc1)n1nnc2ccccc21.[Cl][Au]. The maximum absolute atomic E-state index is 13.7. The summed E-state index contributed by atoms with van der Waals surface area (Å²) in [5, 5.41) is 10.4. The molecule has 0 saturated carbocycles. The van der Waals surface area contributed by atoms with Gasteiger partial charge in [0.05, 0.1) is 18.5 Å². The average Bonchev–Trinajstić information content (AvgIpc) is 3.37. The molecular formula is C26H23AuClN3O2PS+. The minimum absolute atomic E-state index is 0.0670. The van der Waals surface area contributed by atoms with Gasteiger partial charge in [-0.25, -0.2) is 8.42 Å². The first-order valence-corrected chi connectivity index (χ1v) is 16.7. The number of fused-ring (bicyclic) bond motifs is 1. The van der Waals surface area contributed by atoms with Crippen molar-refractivity contribution >= 4 is 48.8 Å². The van der Waals surface area contributed by atoms with Gasteiger partial charge in [-0.1, -0.05) is 84.1 Å². The molecule has 0 bridgehead atoms. The van der Waals surface area contributed by atoms with Crippen LogP contribution in [0.4, 0.5) is 0 Å². The van der Waals surface area contributed by atoms with Gasteiger partial charge in [-0.15, -0.1) is 9.19 Å². The number of para-hydroxylation sites is 1. The third kappa shape index (κ3) is 5.92. The van der Waals surface area contributed by atoms with Gasteiger partial charge in [0.1, 0.15) is 22.4 Å². The number of rotatable bonds is 7. The first kappa shape index (κ1) is 25.8. The van der Waals surface area contributed by atoms with Gasteiger partial charge in [0, 0.05) is 0 Å². The molecule has 5 aromatic rings. The van der Waals surface area contributed by atoms with Gasteiger partial charge in [0.25, 0.3) is 10.0 Å². The number of aromatic nitrogens is 3. The molecule has 5 nitrogen and oxygen atoms in total. The first-order chi connectivity index (χ1) is 17.1. The topological polar surface area (TPSA) is 64.8 Å². The molecular weight excluding hydrogens is 682 g/mol. The minimum atomic E-state index is -3.78. The molecule has 182 valence electrons. The van der Waals surface area contributed by atoms with Crippen molar-refractivity contribution in [3.8, 4) is 0 Å². The maximum atomic E-state index is 13.7. The Morgan fingerprint density at radius 2 is 1.23 bits per heavy atom. The molecule has 35 heavy (non-hydrogen) atoms. The molecule has 0 aliphatic rings. The van der Waals surface area contributed by atoms with E-state index in [1.165, 1.54) is 10.6 Å². The van der Waals surface area contributed by atoms with Crippen molar-refractivity contribution in [2.45, 2.75) is 5.66 Å². The third-order valence-electron chi connectivity index (χ3n) is 5.68. The molecule has 9 heteroatoms. The Kier molecular flexibility index (Phi) is 8.90. The summed E-state index contributed by atoms with van der Waals surface area (Å²) in [6.45, 7) is 0. The van der Waals surface area contributed by atoms with Crippen LogP contribution >= 0.6 is 17.1 Å². The van der Waals surface area contributed by atoms with Crippen LogP contribution in [0, 0.1) is 0 Å². The zero-order valence-electron chi connectivity index (χ0n) is 18.5. The Morgan fingerprint density at radius 1 is 0.743 bits per heavy atom. The summed E-state index contributed by atoms with van der Waals surface area (Å²) < 4.78 is 28.6. The molecule has 0 spiro atoms. The number of nitrogens with zero attached hydrogens (tertiary/aromatic N) is 3. The summed E-state index contributed by atoms with van der Waals surface area (Å²) in [5.74, 6) is -0.0670. The molecule has 0 N–H and O–H groups in total. The summed E-state index contributed by atoms with van der Waals surface area (Å²) >= 11 is 1.75. The average molecular weight is 705 g/mol. The fraction of sp³-hybridized carbons (Fsp3) is 0.0769. The standard InChI is InChI=1S/C26H22N3O2PS.Au.ClH/c30-33(31,29-25-19-11-10-18-24(25)27-28-29)20-26(21-12-4-1-5-13-21)32(22-14-6-2-7-15-22)23-16-8-3-9-17-23;;/h1-19,26H,20H2;;1H/q;+1;/t26-;;/m0../s1. The van der Waals surface area contributed by atoms with E-state index in [0.717, 1.165) is 9.65 Å². The second-order valence-corrected chi connectivity index (χ2v) is 12.3. The van der Waals surface area contributed by atoms with Gasteiger partial charge in [0.2, 0.25) is 0 Å². The quantitative estimate of drug-likeness (QED) is 0.179. The fourth-order valence-electron chi connectivity index (χ4n) is 4.17. The number of halogens is 1.